The average molecular weight is 521 g/mol. The van der Waals surface area contributed by atoms with E-state index < -0.39 is 34.8 Å². The summed E-state index contributed by atoms with van der Waals surface area (Å²) in [6, 6.07) is 2.51. The largest absolute Gasteiger partial charge is 0.398 e. The van der Waals surface area contributed by atoms with E-state index in [4.69, 9.17) is 11.5 Å². The van der Waals surface area contributed by atoms with Crippen molar-refractivity contribution in [2.45, 2.75) is 87.9 Å². The van der Waals surface area contributed by atoms with E-state index >= 15 is 35.1 Å². The maximum absolute atomic E-state index is 15.2. The summed E-state index contributed by atoms with van der Waals surface area (Å²) >= 11 is 0. The molecule has 0 aliphatic heterocycles. The van der Waals surface area contributed by atoms with E-state index in [-0.39, 0.29) is 58.3 Å². The molecule has 0 radical (unpaired) electrons. The lowest BCUT2D eigenvalue weighted by Gasteiger charge is -2.37. The van der Waals surface area contributed by atoms with Crippen LogP contribution in [0.3, 0.4) is 0 Å². The molecule has 0 unspecified atom stereocenters. The van der Waals surface area contributed by atoms with Gasteiger partial charge in [0.25, 0.3) is 0 Å². The van der Waals surface area contributed by atoms with E-state index in [0.29, 0.717) is 49.9 Å². The van der Waals surface area contributed by atoms with Crippen LogP contribution in [0.1, 0.15) is 84.7 Å². The molecule has 2 saturated carbocycles. The van der Waals surface area contributed by atoms with Crippen LogP contribution in [0.5, 0.6) is 0 Å². The van der Waals surface area contributed by atoms with Crippen molar-refractivity contribution in [1.29, 1.82) is 0 Å². The molecule has 36 heavy (non-hydrogen) atoms. The number of alkyl halides is 8. The zero-order valence-corrected chi connectivity index (χ0v) is 19.9. The topological polar surface area (TPSA) is 52.0 Å². The Labute approximate surface area is 204 Å². The number of aryl methyl sites for hydroxylation is 2. The fourth-order valence-electron chi connectivity index (χ4n) is 4.64. The van der Waals surface area contributed by atoms with Gasteiger partial charge < -0.3 is 11.5 Å². The average Bonchev–Trinajstić information content (AvgIpc) is 3.72. The first-order valence-corrected chi connectivity index (χ1v) is 12.0. The smallest absolute Gasteiger partial charge is 0.382 e. The van der Waals surface area contributed by atoms with Gasteiger partial charge in [-0.3, -0.25) is 0 Å². The fraction of sp³-hybridized carbons (Fsp3) is 0.538. The standard InChI is InChI=1S/C26H28F8N2/c1-3-13-9-17(11-19(21(13)35)15-5-6-15)23(27,28)25(31,32)26(33,34)24(29,30)18-10-14(4-2)22(36)20(12-18)16-7-8-16/h9-12,15-16H,3-8,35-36H2,1-2H3. The lowest BCUT2D eigenvalue weighted by Crippen LogP contribution is -2.59. The number of halogens is 8. The van der Waals surface area contributed by atoms with Crippen molar-refractivity contribution in [3.05, 3.63) is 57.6 Å². The number of hydrogen-bond donors (Lipinski definition) is 2. The van der Waals surface area contributed by atoms with Crippen LogP contribution >= 0.6 is 0 Å². The van der Waals surface area contributed by atoms with Gasteiger partial charge in [-0.1, -0.05) is 13.8 Å². The molecule has 10 heteroatoms. The maximum Gasteiger partial charge on any atom is 0.382 e. The Kier molecular flexibility index (Phi) is 6.28. The molecule has 0 atom stereocenters. The highest BCUT2D eigenvalue weighted by Crippen LogP contribution is 2.60. The minimum atomic E-state index is -6.43. The third-order valence-corrected chi connectivity index (χ3v) is 7.30. The fourth-order valence-corrected chi connectivity index (χ4v) is 4.64. The Hall–Kier alpha value is -2.52. The quantitative estimate of drug-likeness (QED) is 0.261. The van der Waals surface area contributed by atoms with Gasteiger partial charge in [0, 0.05) is 22.5 Å². The Morgan fingerprint density at radius 1 is 0.611 bits per heavy atom. The molecule has 2 fully saturated rings. The lowest BCUT2D eigenvalue weighted by molar-refractivity contribution is -0.374. The number of hydrogen-bond acceptors (Lipinski definition) is 2. The molecule has 2 aliphatic carbocycles. The van der Waals surface area contributed by atoms with Gasteiger partial charge in [-0.05, 0) is 96.9 Å². The number of benzene rings is 2. The SMILES string of the molecule is CCc1cc(C(F)(F)C(F)(F)C(F)(F)C(F)(F)c2cc(CC)c(N)c(C3CC3)c2)cc(C2CC2)c1N. The zero-order valence-electron chi connectivity index (χ0n) is 19.9. The zero-order chi connectivity index (χ0) is 26.8. The monoisotopic (exact) mass is 520 g/mol. The lowest BCUT2D eigenvalue weighted by atomic mass is 9.86. The molecule has 0 bridgehead atoms. The van der Waals surface area contributed by atoms with E-state index in [1.54, 1.807) is 0 Å². The molecule has 0 amide bonds. The number of rotatable bonds is 9. The summed E-state index contributed by atoms with van der Waals surface area (Å²) in [4.78, 5) is 0. The molecule has 4 rings (SSSR count). The molecule has 0 heterocycles. The van der Waals surface area contributed by atoms with Crippen LogP contribution in [0.4, 0.5) is 46.5 Å². The van der Waals surface area contributed by atoms with Crippen molar-refractivity contribution in [3.63, 3.8) is 0 Å². The van der Waals surface area contributed by atoms with Gasteiger partial charge in [0.15, 0.2) is 0 Å². The number of nitrogen functional groups attached to an aromatic ring is 2. The molecule has 2 aliphatic rings. The molecule has 0 spiro atoms. The highest BCUT2D eigenvalue weighted by molar-refractivity contribution is 5.60. The van der Waals surface area contributed by atoms with E-state index in [9.17, 15) is 0 Å². The molecule has 0 aromatic heterocycles. The van der Waals surface area contributed by atoms with Gasteiger partial charge >= 0.3 is 23.7 Å². The summed E-state index contributed by atoms with van der Waals surface area (Å²) in [5.74, 6) is -24.6. The molecule has 0 saturated heterocycles. The Morgan fingerprint density at radius 3 is 1.17 bits per heavy atom. The van der Waals surface area contributed by atoms with Gasteiger partial charge in [0.05, 0.1) is 0 Å². The third kappa shape index (κ3) is 3.91. The predicted molar refractivity (Wildman–Crippen MR) is 122 cm³/mol. The molecular formula is C26H28F8N2. The third-order valence-electron chi connectivity index (χ3n) is 7.30. The summed E-state index contributed by atoms with van der Waals surface area (Å²) < 4.78 is 121. The second-order valence-corrected chi connectivity index (χ2v) is 9.83. The summed E-state index contributed by atoms with van der Waals surface area (Å²) in [6.45, 7) is 3.07. The summed E-state index contributed by atoms with van der Waals surface area (Å²) in [7, 11) is 0. The van der Waals surface area contributed by atoms with E-state index in [0.717, 1.165) is 0 Å². The predicted octanol–water partition coefficient (Wildman–Crippen LogP) is 7.89. The molecule has 2 aromatic rings. The first-order valence-electron chi connectivity index (χ1n) is 12.0. The van der Waals surface area contributed by atoms with E-state index in [1.165, 1.54) is 13.8 Å². The van der Waals surface area contributed by atoms with E-state index in [2.05, 4.69) is 0 Å². The van der Waals surface area contributed by atoms with Crippen molar-refractivity contribution in [2.24, 2.45) is 0 Å². The van der Waals surface area contributed by atoms with Crippen molar-refractivity contribution < 1.29 is 35.1 Å². The summed E-state index contributed by atoms with van der Waals surface area (Å²) in [5.41, 5.74) is 9.69. The first-order chi connectivity index (χ1) is 16.6. The van der Waals surface area contributed by atoms with Crippen LogP contribution < -0.4 is 11.5 Å². The normalized spacial score (nSPS) is 17.5. The molecule has 2 aromatic carbocycles. The Morgan fingerprint density at radius 2 is 0.917 bits per heavy atom. The molecule has 198 valence electrons. The van der Waals surface area contributed by atoms with Crippen LogP contribution in [0.15, 0.2) is 24.3 Å². The second-order valence-electron chi connectivity index (χ2n) is 9.83. The second kappa shape index (κ2) is 8.52. The minimum Gasteiger partial charge on any atom is -0.398 e. The summed E-state index contributed by atoms with van der Waals surface area (Å²) in [5, 5.41) is 0. The van der Waals surface area contributed by atoms with Crippen LogP contribution in [0.2, 0.25) is 0 Å². The van der Waals surface area contributed by atoms with Gasteiger partial charge in [0.1, 0.15) is 0 Å². The van der Waals surface area contributed by atoms with Crippen molar-refractivity contribution >= 4 is 11.4 Å². The Bertz CT molecular complexity index is 1080. The highest BCUT2D eigenvalue weighted by Gasteiger charge is 2.81. The van der Waals surface area contributed by atoms with Crippen LogP contribution in [0, 0.1) is 0 Å². The van der Waals surface area contributed by atoms with Gasteiger partial charge in [0.2, 0.25) is 0 Å². The van der Waals surface area contributed by atoms with Crippen molar-refractivity contribution in [2.75, 3.05) is 11.5 Å². The van der Waals surface area contributed by atoms with Gasteiger partial charge in [-0.2, -0.15) is 35.1 Å². The van der Waals surface area contributed by atoms with Crippen LogP contribution in [-0.4, -0.2) is 11.8 Å². The highest BCUT2D eigenvalue weighted by atomic mass is 19.4. The molecular weight excluding hydrogens is 492 g/mol. The molecule has 4 N–H and O–H groups in total. The minimum absolute atomic E-state index is 0.0696. The van der Waals surface area contributed by atoms with Gasteiger partial charge in [-0.25, -0.2) is 0 Å². The summed E-state index contributed by atoms with van der Waals surface area (Å²) in [6.07, 6.45) is 2.45. The van der Waals surface area contributed by atoms with Gasteiger partial charge in [-0.15, -0.1) is 0 Å². The first kappa shape index (κ1) is 26.5. The maximum atomic E-state index is 15.2. The van der Waals surface area contributed by atoms with Crippen molar-refractivity contribution in [3.8, 4) is 0 Å². The van der Waals surface area contributed by atoms with Crippen molar-refractivity contribution in [1.82, 2.24) is 0 Å². The van der Waals surface area contributed by atoms with Crippen LogP contribution in [0.25, 0.3) is 0 Å². The number of nitrogens with two attached hydrogens (primary N) is 2. The number of anilines is 2. The molecule has 2 nitrogen and oxygen atoms in total. The van der Waals surface area contributed by atoms with E-state index in [1.807, 2.05) is 0 Å². The van der Waals surface area contributed by atoms with Crippen LogP contribution in [-0.2, 0) is 24.7 Å². The Balaban J connectivity index is 1.81.